The molecule has 0 aliphatic rings. The third-order valence-corrected chi connectivity index (χ3v) is 4.40. The van der Waals surface area contributed by atoms with Crippen LogP contribution in [0.1, 0.15) is 30.6 Å². The molecule has 2 aromatic rings. The molecule has 1 aromatic carbocycles. The SMILES string of the molecule is CCCS(=O)(=O)Nc1ccc(Nc2cccc(C(C)=O)c2)nn1. The number of aromatic nitrogens is 2. The summed E-state index contributed by atoms with van der Waals surface area (Å²) in [6.45, 7) is 3.28. The maximum Gasteiger partial charge on any atom is 0.233 e. The van der Waals surface area contributed by atoms with Crippen molar-refractivity contribution in [2.75, 3.05) is 15.8 Å². The minimum atomic E-state index is -3.38. The minimum absolute atomic E-state index is 0.0274. The Morgan fingerprint density at radius 1 is 1.13 bits per heavy atom. The van der Waals surface area contributed by atoms with Crippen LogP contribution in [-0.2, 0) is 10.0 Å². The number of ketones is 1. The first kappa shape index (κ1) is 16.9. The van der Waals surface area contributed by atoms with Gasteiger partial charge in [0.25, 0.3) is 0 Å². The van der Waals surface area contributed by atoms with E-state index in [-0.39, 0.29) is 17.4 Å². The number of hydrogen-bond donors (Lipinski definition) is 2. The van der Waals surface area contributed by atoms with E-state index in [1.165, 1.54) is 13.0 Å². The number of rotatable bonds is 7. The lowest BCUT2D eigenvalue weighted by atomic mass is 10.1. The van der Waals surface area contributed by atoms with Gasteiger partial charge in [0.2, 0.25) is 10.0 Å². The lowest BCUT2D eigenvalue weighted by Gasteiger charge is -2.08. The van der Waals surface area contributed by atoms with Crippen LogP contribution in [0.2, 0.25) is 0 Å². The van der Waals surface area contributed by atoms with E-state index in [0.717, 1.165) is 0 Å². The Kier molecular flexibility index (Phi) is 5.28. The maximum atomic E-state index is 11.7. The molecule has 8 heteroatoms. The van der Waals surface area contributed by atoms with Gasteiger partial charge in [0.1, 0.15) is 0 Å². The van der Waals surface area contributed by atoms with Gasteiger partial charge in [-0.1, -0.05) is 19.1 Å². The normalized spacial score (nSPS) is 11.0. The molecule has 0 bridgehead atoms. The second kappa shape index (κ2) is 7.19. The van der Waals surface area contributed by atoms with Crippen molar-refractivity contribution in [2.45, 2.75) is 20.3 Å². The van der Waals surface area contributed by atoms with Crippen molar-refractivity contribution < 1.29 is 13.2 Å². The molecule has 122 valence electrons. The Morgan fingerprint density at radius 3 is 2.43 bits per heavy atom. The fourth-order valence-electron chi connectivity index (χ4n) is 1.90. The molecule has 7 nitrogen and oxygen atoms in total. The Labute approximate surface area is 135 Å². The summed E-state index contributed by atoms with van der Waals surface area (Å²) in [5, 5.41) is 10.8. The van der Waals surface area contributed by atoms with Crippen LogP contribution >= 0.6 is 0 Å². The van der Waals surface area contributed by atoms with Gasteiger partial charge in [-0.05, 0) is 37.6 Å². The molecule has 2 rings (SSSR count). The van der Waals surface area contributed by atoms with E-state index in [1.54, 1.807) is 37.3 Å². The number of Topliss-reactive ketones (excluding diaryl/α,β-unsaturated/α-hetero) is 1. The zero-order valence-corrected chi connectivity index (χ0v) is 13.7. The quantitative estimate of drug-likeness (QED) is 0.755. The number of sulfonamides is 1. The standard InChI is InChI=1S/C15H18N4O3S/c1-3-9-23(21,22)19-15-8-7-14(17-18-15)16-13-6-4-5-12(10-13)11(2)20/h4-8,10H,3,9H2,1-2H3,(H,16,17)(H,18,19). The molecule has 0 unspecified atom stereocenters. The van der Waals surface area contributed by atoms with Gasteiger partial charge in [0.15, 0.2) is 17.4 Å². The molecule has 1 heterocycles. The van der Waals surface area contributed by atoms with E-state index in [0.29, 0.717) is 23.5 Å². The third kappa shape index (κ3) is 5.03. The highest BCUT2D eigenvalue weighted by molar-refractivity contribution is 7.92. The number of nitrogens with one attached hydrogen (secondary N) is 2. The first-order chi connectivity index (χ1) is 10.9. The van der Waals surface area contributed by atoms with Crippen LogP contribution < -0.4 is 10.0 Å². The predicted octanol–water partition coefficient (Wildman–Crippen LogP) is 2.57. The predicted molar refractivity (Wildman–Crippen MR) is 89.5 cm³/mol. The van der Waals surface area contributed by atoms with Crippen LogP contribution in [0, 0.1) is 0 Å². The summed E-state index contributed by atoms with van der Waals surface area (Å²) < 4.78 is 25.7. The average Bonchev–Trinajstić information content (AvgIpc) is 2.49. The van der Waals surface area contributed by atoms with Gasteiger partial charge in [0.05, 0.1) is 5.75 Å². The monoisotopic (exact) mass is 334 g/mol. The van der Waals surface area contributed by atoms with Crippen molar-refractivity contribution in [2.24, 2.45) is 0 Å². The molecular formula is C15H18N4O3S. The summed E-state index contributed by atoms with van der Waals surface area (Å²) in [5.74, 6) is 0.623. The number of carbonyl (C=O) groups is 1. The van der Waals surface area contributed by atoms with Crippen molar-refractivity contribution in [3.63, 3.8) is 0 Å². The van der Waals surface area contributed by atoms with Crippen molar-refractivity contribution in [1.29, 1.82) is 0 Å². The zero-order valence-electron chi connectivity index (χ0n) is 12.9. The number of carbonyl (C=O) groups excluding carboxylic acids is 1. The number of benzene rings is 1. The van der Waals surface area contributed by atoms with Crippen LogP contribution in [-0.4, -0.2) is 30.2 Å². The van der Waals surface area contributed by atoms with Crippen LogP contribution in [0.25, 0.3) is 0 Å². The molecule has 0 amide bonds. The van der Waals surface area contributed by atoms with E-state index >= 15 is 0 Å². The van der Waals surface area contributed by atoms with Crippen LogP contribution in [0.3, 0.4) is 0 Å². The third-order valence-electron chi connectivity index (χ3n) is 2.94. The topological polar surface area (TPSA) is 101 Å². The molecule has 0 aliphatic heterocycles. The van der Waals surface area contributed by atoms with Crippen LogP contribution in [0.5, 0.6) is 0 Å². The second-order valence-electron chi connectivity index (χ2n) is 4.99. The first-order valence-electron chi connectivity index (χ1n) is 7.12. The van der Waals surface area contributed by atoms with Crippen molar-refractivity contribution in [1.82, 2.24) is 10.2 Å². The molecule has 0 radical (unpaired) electrons. The van der Waals surface area contributed by atoms with Crippen LogP contribution in [0.4, 0.5) is 17.3 Å². The highest BCUT2D eigenvalue weighted by Gasteiger charge is 2.10. The summed E-state index contributed by atoms with van der Waals surface area (Å²) >= 11 is 0. The molecule has 0 saturated heterocycles. The van der Waals surface area contributed by atoms with Gasteiger partial charge in [-0.25, -0.2) is 8.42 Å². The van der Waals surface area contributed by atoms with Gasteiger partial charge in [-0.2, -0.15) is 0 Å². The van der Waals surface area contributed by atoms with Gasteiger partial charge in [-0.3, -0.25) is 9.52 Å². The fraction of sp³-hybridized carbons (Fsp3) is 0.267. The van der Waals surface area contributed by atoms with Crippen molar-refractivity contribution in [3.8, 4) is 0 Å². The number of hydrogen-bond acceptors (Lipinski definition) is 6. The van der Waals surface area contributed by atoms with Gasteiger partial charge in [-0.15, -0.1) is 10.2 Å². The molecule has 1 aromatic heterocycles. The van der Waals surface area contributed by atoms with E-state index < -0.39 is 10.0 Å². The van der Waals surface area contributed by atoms with Gasteiger partial charge < -0.3 is 5.32 Å². The Hall–Kier alpha value is -2.48. The average molecular weight is 334 g/mol. The van der Waals surface area contributed by atoms with E-state index in [4.69, 9.17) is 0 Å². The van der Waals surface area contributed by atoms with E-state index in [9.17, 15) is 13.2 Å². The lowest BCUT2D eigenvalue weighted by molar-refractivity contribution is 0.101. The van der Waals surface area contributed by atoms with Gasteiger partial charge >= 0.3 is 0 Å². The molecule has 0 aliphatic carbocycles. The smallest absolute Gasteiger partial charge is 0.233 e. The minimum Gasteiger partial charge on any atom is -0.339 e. The number of nitrogens with zero attached hydrogens (tertiary/aromatic N) is 2. The molecule has 0 saturated carbocycles. The van der Waals surface area contributed by atoms with Crippen molar-refractivity contribution in [3.05, 3.63) is 42.0 Å². The molecular weight excluding hydrogens is 316 g/mol. The van der Waals surface area contributed by atoms with Crippen molar-refractivity contribution >= 4 is 33.1 Å². The lowest BCUT2D eigenvalue weighted by Crippen LogP contribution is -2.17. The van der Waals surface area contributed by atoms with Crippen LogP contribution in [0.15, 0.2) is 36.4 Å². The summed E-state index contributed by atoms with van der Waals surface area (Å²) in [4.78, 5) is 11.4. The Bertz CT molecular complexity index is 789. The molecule has 0 spiro atoms. The fourth-order valence-corrected chi connectivity index (χ4v) is 2.96. The zero-order chi connectivity index (χ0) is 16.9. The molecule has 0 atom stereocenters. The molecule has 0 fully saturated rings. The summed E-state index contributed by atoms with van der Waals surface area (Å²) in [6.07, 6.45) is 0.523. The van der Waals surface area contributed by atoms with E-state index in [2.05, 4.69) is 20.2 Å². The van der Waals surface area contributed by atoms with Gasteiger partial charge in [0, 0.05) is 11.3 Å². The molecule has 23 heavy (non-hydrogen) atoms. The largest absolute Gasteiger partial charge is 0.339 e. The first-order valence-corrected chi connectivity index (χ1v) is 8.77. The maximum absolute atomic E-state index is 11.7. The highest BCUT2D eigenvalue weighted by Crippen LogP contribution is 2.17. The summed E-state index contributed by atoms with van der Waals surface area (Å²) in [7, 11) is -3.38. The summed E-state index contributed by atoms with van der Waals surface area (Å²) in [6, 6.07) is 10.1. The Morgan fingerprint density at radius 2 is 1.83 bits per heavy atom. The second-order valence-corrected chi connectivity index (χ2v) is 6.83. The molecule has 2 N–H and O–H groups in total. The summed E-state index contributed by atoms with van der Waals surface area (Å²) in [5.41, 5.74) is 1.29. The Balaban J connectivity index is 2.08. The van der Waals surface area contributed by atoms with E-state index in [1.807, 2.05) is 0 Å². The highest BCUT2D eigenvalue weighted by atomic mass is 32.2. The number of anilines is 3.